The van der Waals surface area contributed by atoms with Gasteiger partial charge in [-0.2, -0.15) is 0 Å². The van der Waals surface area contributed by atoms with Crippen LogP contribution in [0.2, 0.25) is 0 Å². The Bertz CT molecular complexity index is 884. The van der Waals surface area contributed by atoms with Gasteiger partial charge in [-0.25, -0.2) is 0 Å². The van der Waals surface area contributed by atoms with Crippen molar-refractivity contribution in [2.45, 2.75) is 12.5 Å². The number of nitrogens with one attached hydrogen (secondary N) is 1. The number of benzene rings is 2. The minimum absolute atomic E-state index is 0.105. The Kier molecular flexibility index (Phi) is 4.84. The van der Waals surface area contributed by atoms with E-state index in [1.54, 1.807) is 32.4 Å². The third kappa shape index (κ3) is 3.71. The number of H-pyrrole nitrogens is 1. The number of nitrogens with zero attached hydrogens (tertiary/aromatic N) is 1. The highest BCUT2D eigenvalue weighted by molar-refractivity contribution is 5.89. The van der Waals surface area contributed by atoms with Crippen LogP contribution in [-0.4, -0.2) is 35.9 Å². The molecule has 1 atom stereocenters. The molecule has 3 rings (SSSR count). The molecule has 0 bridgehead atoms. The maximum absolute atomic E-state index is 12.5. The molecule has 0 aliphatic carbocycles. The van der Waals surface area contributed by atoms with Crippen molar-refractivity contribution in [2.24, 2.45) is 0 Å². The summed E-state index contributed by atoms with van der Waals surface area (Å²) < 4.78 is 5.54. The molecule has 0 spiro atoms. The fourth-order valence-electron chi connectivity index (χ4n) is 2.73. The Hall–Kier alpha value is -3.08. The maximum Gasteiger partial charge on any atom is 0.311 e. The number of hydrogen-bond acceptors (Lipinski definition) is 3. The van der Waals surface area contributed by atoms with Crippen LogP contribution in [0.4, 0.5) is 0 Å². The molecule has 5 nitrogen and oxygen atoms in total. The number of para-hydroxylation sites is 1. The van der Waals surface area contributed by atoms with Gasteiger partial charge in [0.1, 0.15) is 0 Å². The number of amides is 1. The van der Waals surface area contributed by atoms with Crippen LogP contribution < -0.4 is 0 Å². The number of carbonyl (C=O) groups is 2. The van der Waals surface area contributed by atoms with Crippen LogP contribution in [0, 0.1) is 0 Å². The predicted octanol–water partition coefficient (Wildman–Crippen LogP) is 3.08. The van der Waals surface area contributed by atoms with Crippen molar-refractivity contribution >= 4 is 22.8 Å². The Morgan fingerprint density at radius 2 is 1.72 bits per heavy atom. The summed E-state index contributed by atoms with van der Waals surface area (Å²) in [5, 5.41) is 0.981. The molecule has 0 radical (unpaired) electrons. The highest BCUT2D eigenvalue weighted by Gasteiger charge is 2.26. The van der Waals surface area contributed by atoms with Gasteiger partial charge >= 0.3 is 5.97 Å². The number of aromatic nitrogens is 1. The number of likely N-dealkylation sites (N-methyl/N-ethyl adjacent to an activating group) is 1. The molecule has 128 valence electrons. The third-order valence-electron chi connectivity index (χ3n) is 4.03. The maximum atomic E-state index is 12.5. The van der Waals surface area contributed by atoms with E-state index in [2.05, 4.69) is 4.98 Å². The molecule has 1 aromatic heterocycles. The van der Waals surface area contributed by atoms with Crippen molar-refractivity contribution in [1.29, 1.82) is 0 Å². The van der Waals surface area contributed by atoms with E-state index in [1.807, 2.05) is 42.5 Å². The summed E-state index contributed by atoms with van der Waals surface area (Å²) in [5.74, 6) is -0.702. The van der Waals surface area contributed by atoms with Crippen molar-refractivity contribution in [3.8, 4) is 0 Å². The zero-order chi connectivity index (χ0) is 17.8. The summed E-state index contributed by atoms with van der Waals surface area (Å²) in [5.41, 5.74) is 2.48. The van der Waals surface area contributed by atoms with Crippen LogP contribution in [0.15, 0.2) is 60.8 Å². The largest absolute Gasteiger partial charge is 0.447 e. The molecule has 0 aliphatic heterocycles. The molecule has 0 saturated carbocycles. The molecular formula is C20H20N2O3. The van der Waals surface area contributed by atoms with Gasteiger partial charge in [0.15, 0.2) is 0 Å². The lowest BCUT2D eigenvalue weighted by Gasteiger charge is -2.21. The van der Waals surface area contributed by atoms with Gasteiger partial charge in [0.2, 0.25) is 6.10 Å². The second kappa shape index (κ2) is 7.21. The van der Waals surface area contributed by atoms with Crippen molar-refractivity contribution in [3.05, 3.63) is 71.9 Å². The summed E-state index contributed by atoms with van der Waals surface area (Å²) in [6, 6.07) is 16.8. The molecule has 1 heterocycles. The first-order valence-corrected chi connectivity index (χ1v) is 8.07. The van der Waals surface area contributed by atoms with E-state index in [0.717, 1.165) is 16.5 Å². The lowest BCUT2D eigenvalue weighted by atomic mass is 10.1. The number of aromatic amines is 1. The molecular weight excluding hydrogens is 316 g/mol. The number of hydrogen-bond donors (Lipinski definition) is 1. The Balaban J connectivity index is 1.79. The Labute approximate surface area is 146 Å². The van der Waals surface area contributed by atoms with E-state index < -0.39 is 12.1 Å². The second-order valence-electron chi connectivity index (χ2n) is 6.05. The SMILES string of the molecule is CN(C)C(=O)[C@@H](OC(=O)Cc1c[nH]c2ccccc12)c1ccccc1. The van der Waals surface area contributed by atoms with Crippen molar-refractivity contribution in [3.63, 3.8) is 0 Å². The highest BCUT2D eigenvalue weighted by atomic mass is 16.5. The van der Waals surface area contributed by atoms with E-state index in [1.165, 1.54) is 4.90 Å². The first kappa shape index (κ1) is 16.8. The molecule has 0 aliphatic rings. The molecule has 1 amide bonds. The van der Waals surface area contributed by atoms with Crippen molar-refractivity contribution in [1.82, 2.24) is 9.88 Å². The quantitative estimate of drug-likeness (QED) is 0.728. The number of carbonyl (C=O) groups excluding carboxylic acids is 2. The second-order valence-corrected chi connectivity index (χ2v) is 6.05. The van der Waals surface area contributed by atoms with Crippen molar-refractivity contribution < 1.29 is 14.3 Å². The predicted molar refractivity (Wildman–Crippen MR) is 96.0 cm³/mol. The smallest absolute Gasteiger partial charge is 0.311 e. The van der Waals surface area contributed by atoms with E-state index in [4.69, 9.17) is 4.74 Å². The zero-order valence-corrected chi connectivity index (χ0v) is 14.2. The van der Waals surface area contributed by atoms with E-state index in [-0.39, 0.29) is 12.3 Å². The average Bonchev–Trinajstić information content (AvgIpc) is 3.03. The highest BCUT2D eigenvalue weighted by Crippen LogP contribution is 2.22. The number of ether oxygens (including phenoxy) is 1. The molecule has 0 saturated heterocycles. The number of rotatable bonds is 5. The van der Waals surface area contributed by atoms with Crippen LogP contribution in [0.25, 0.3) is 10.9 Å². The monoisotopic (exact) mass is 336 g/mol. The topological polar surface area (TPSA) is 62.4 Å². The van der Waals surface area contributed by atoms with Gasteiger partial charge in [-0.3, -0.25) is 9.59 Å². The first-order valence-electron chi connectivity index (χ1n) is 8.07. The number of esters is 1. The molecule has 0 fully saturated rings. The van der Waals surface area contributed by atoms with Gasteiger partial charge in [-0.05, 0) is 11.6 Å². The van der Waals surface area contributed by atoms with Gasteiger partial charge in [-0.1, -0.05) is 48.5 Å². The lowest BCUT2D eigenvalue weighted by molar-refractivity contribution is -0.159. The first-order chi connectivity index (χ1) is 12.1. The molecule has 3 aromatic rings. The van der Waals surface area contributed by atoms with Crippen molar-refractivity contribution in [2.75, 3.05) is 14.1 Å². The minimum Gasteiger partial charge on any atom is -0.447 e. The Morgan fingerprint density at radius 3 is 2.44 bits per heavy atom. The lowest BCUT2D eigenvalue weighted by Crippen LogP contribution is -2.31. The minimum atomic E-state index is -0.936. The van der Waals surface area contributed by atoms with Crippen LogP contribution in [0.5, 0.6) is 0 Å². The standard InChI is InChI=1S/C20H20N2O3/c1-22(2)20(24)19(14-8-4-3-5-9-14)25-18(23)12-15-13-21-17-11-7-6-10-16(15)17/h3-11,13,19,21H,12H2,1-2H3/t19-/m0/s1. The zero-order valence-electron chi connectivity index (χ0n) is 14.2. The summed E-state index contributed by atoms with van der Waals surface area (Å²) in [6.07, 6.45) is 0.972. The van der Waals surface area contributed by atoms with Gasteiger partial charge in [0.05, 0.1) is 6.42 Å². The van der Waals surface area contributed by atoms with Crippen LogP contribution >= 0.6 is 0 Å². The van der Waals surface area contributed by atoms with E-state index in [9.17, 15) is 9.59 Å². The van der Waals surface area contributed by atoms with Gasteiger partial charge < -0.3 is 14.6 Å². The van der Waals surface area contributed by atoms with Crippen LogP contribution in [0.3, 0.4) is 0 Å². The van der Waals surface area contributed by atoms with Gasteiger partial charge in [-0.15, -0.1) is 0 Å². The molecule has 1 N–H and O–H groups in total. The van der Waals surface area contributed by atoms with Crippen LogP contribution in [0.1, 0.15) is 17.2 Å². The van der Waals surface area contributed by atoms with E-state index >= 15 is 0 Å². The Morgan fingerprint density at radius 1 is 1.04 bits per heavy atom. The normalized spacial score (nSPS) is 11.9. The third-order valence-corrected chi connectivity index (χ3v) is 4.03. The summed E-state index contributed by atoms with van der Waals surface area (Å²) in [6.45, 7) is 0. The summed E-state index contributed by atoms with van der Waals surface area (Å²) in [4.78, 5) is 29.5. The van der Waals surface area contributed by atoms with E-state index in [0.29, 0.717) is 5.56 Å². The molecule has 2 aromatic carbocycles. The van der Waals surface area contributed by atoms with Gasteiger partial charge in [0, 0.05) is 36.8 Å². The fraction of sp³-hybridized carbons (Fsp3) is 0.200. The van der Waals surface area contributed by atoms with Gasteiger partial charge in [0.25, 0.3) is 5.91 Å². The molecule has 25 heavy (non-hydrogen) atoms. The summed E-state index contributed by atoms with van der Waals surface area (Å²) in [7, 11) is 3.29. The fourth-order valence-corrected chi connectivity index (χ4v) is 2.73. The molecule has 5 heteroatoms. The van der Waals surface area contributed by atoms with Crippen LogP contribution in [-0.2, 0) is 20.7 Å². The molecule has 0 unspecified atom stereocenters. The average molecular weight is 336 g/mol. The summed E-state index contributed by atoms with van der Waals surface area (Å²) >= 11 is 0. The number of fused-ring (bicyclic) bond motifs is 1.